The summed E-state index contributed by atoms with van der Waals surface area (Å²) in [7, 11) is 0. The largest absolute Gasteiger partial charge is 0.290 e. The molecule has 0 heterocycles. The molecular formula is C10H22N2O4. The molecule has 96 valence electrons. The molecule has 0 bridgehead atoms. The highest BCUT2D eigenvalue weighted by molar-refractivity contribution is 4.93. The van der Waals surface area contributed by atoms with E-state index in [2.05, 4.69) is 0 Å². The van der Waals surface area contributed by atoms with Crippen molar-refractivity contribution in [2.75, 3.05) is 6.54 Å². The van der Waals surface area contributed by atoms with Crippen LogP contribution >= 0.6 is 0 Å². The van der Waals surface area contributed by atoms with E-state index in [1.165, 1.54) is 0 Å². The second-order valence-electron chi connectivity index (χ2n) is 6.06. The van der Waals surface area contributed by atoms with Crippen LogP contribution in [0, 0.1) is 10.8 Å². The molecule has 2 unspecified atom stereocenters. The first-order valence-corrected chi connectivity index (χ1v) is 5.46. The van der Waals surface area contributed by atoms with Crippen LogP contribution < -0.4 is 0 Å². The van der Waals surface area contributed by atoms with E-state index in [4.69, 9.17) is 20.8 Å². The standard InChI is InChI=1S/C10H22N2O4/c1-9(2)4-8(12(15)16)5-10(3,6-9)7-11(13)14/h8,13-16H,4-7H2,1-3H3. The first-order chi connectivity index (χ1) is 7.14. The lowest BCUT2D eigenvalue weighted by atomic mass is 9.63. The third-order valence-corrected chi connectivity index (χ3v) is 3.27. The van der Waals surface area contributed by atoms with Crippen molar-refractivity contribution in [3.8, 4) is 0 Å². The van der Waals surface area contributed by atoms with Crippen molar-refractivity contribution >= 4 is 0 Å². The zero-order valence-electron chi connectivity index (χ0n) is 10.1. The normalized spacial score (nSPS) is 34.7. The Balaban J connectivity index is 2.78. The van der Waals surface area contributed by atoms with Gasteiger partial charge >= 0.3 is 0 Å². The maximum atomic E-state index is 9.13. The van der Waals surface area contributed by atoms with Gasteiger partial charge in [-0.3, -0.25) is 20.8 Å². The van der Waals surface area contributed by atoms with Gasteiger partial charge < -0.3 is 0 Å². The van der Waals surface area contributed by atoms with Crippen LogP contribution in [0.3, 0.4) is 0 Å². The van der Waals surface area contributed by atoms with E-state index >= 15 is 0 Å². The van der Waals surface area contributed by atoms with Gasteiger partial charge in [-0.05, 0) is 30.1 Å². The molecule has 0 radical (unpaired) electrons. The number of hydrogen-bond donors (Lipinski definition) is 4. The summed E-state index contributed by atoms with van der Waals surface area (Å²) >= 11 is 0. The highest BCUT2D eigenvalue weighted by Crippen LogP contribution is 2.47. The third kappa shape index (κ3) is 3.65. The van der Waals surface area contributed by atoms with E-state index in [-0.39, 0.29) is 33.9 Å². The van der Waals surface area contributed by atoms with Crippen molar-refractivity contribution in [1.82, 2.24) is 10.5 Å². The molecule has 0 aromatic heterocycles. The molecule has 1 saturated carbocycles. The average molecular weight is 234 g/mol. The minimum absolute atomic E-state index is 0.0581. The quantitative estimate of drug-likeness (QED) is 0.556. The molecule has 0 saturated heterocycles. The molecule has 1 fully saturated rings. The van der Waals surface area contributed by atoms with Gasteiger partial charge in [0.2, 0.25) is 0 Å². The van der Waals surface area contributed by atoms with Crippen molar-refractivity contribution in [2.24, 2.45) is 10.8 Å². The van der Waals surface area contributed by atoms with Crippen molar-refractivity contribution in [3.05, 3.63) is 0 Å². The first-order valence-electron chi connectivity index (χ1n) is 5.46. The van der Waals surface area contributed by atoms with E-state index in [1.807, 2.05) is 20.8 Å². The summed E-state index contributed by atoms with van der Waals surface area (Å²) in [6.07, 6.45) is 2.00. The Bertz CT molecular complexity index is 245. The lowest BCUT2D eigenvalue weighted by Crippen LogP contribution is -2.48. The number of hydroxylamine groups is 4. The van der Waals surface area contributed by atoms with Crippen LogP contribution in [0.5, 0.6) is 0 Å². The summed E-state index contributed by atoms with van der Waals surface area (Å²) < 4.78 is 0. The predicted molar refractivity (Wildman–Crippen MR) is 55.2 cm³/mol. The lowest BCUT2D eigenvalue weighted by molar-refractivity contribution is -0.352. The monoisotopic (exact) mass is 234 g/mol. The van der Waals surface area contributed by atoms with E-state index in [9.17, 15) is 0 Å². The summed E-state index contributed by atoms with van der Waals surface area (Å²) in [6.45, 7) is 6.10. The van der Waals surface area contributed by atoms with Gasteiger partial charge in [0.15, 0.2) is 0 Å². The minimum Gasteiger partial charge on any atom is -0.290 e. The van der Waals surface area contributed by atoms with E-state index < -0.39 is 0 Å². The second kappa shape index (κ2) is 4.56. The Morgan fingerprint density at radius 1 is 1.06 bits per heavy atom. The van der Waals surface area contributed by atoms with Crippen LogP contribution in [0.15, 0.2) is 0 Å². The fraction of sp³-hybridized carbons (Fsp3) is 1.00. The van der Waals surface area contributed by atoms with E-state index in [1.54, 1.807) is 0 Å². The van der Waals surface area contributed by atoms with Crippen LogP contribution in [0.25, 0.3) is 0 Å². The van der Waals surface area contributed by atoms with Crippen molar-refractivity contribution in [3.63, 3.8) is 0 Å². The molecule has 6 nitrogen and oxygen atoms in total. The molecule has 1 aliphatic rings. The summed E-state index contributed by atoms with van der Waals surface area (Å²) in [4.78, 5) is 0. The number of hydrogen-bond acceptors (Lipinski definition) is 6. The third-order valence-electron chi connectivity index (χ3n) is 3.27. The Hall–Kier alpha value is -0.240. The number of nitrogens with zero attached hydrogens (tertiary/aromatic N) is 2. The van der Waals surface area contributed by atoms with Crippen molar-refractivity contribution in [2.45, 2.75) is 46.1 Å². The van der Waals surface area contributed by atoms with Gasteiger partial charge in [0, 0.05) is 0 Å². The zero-order chi connectivity index (χ0) is 12.6. The Morgan fingerprint density at radius 3 is 2.06 bits per heavy atom. The van der Waals surface area contributed by atoms with Crippen molar-refractivity contribution in [1.29, 1.82) is 0 Å². The highest BCUT2D eigenvalue weighted by Gasteiger charge is 2.43. The van der Waals surface area contributed by atoms with Crippen LogP contribution in [0.1, 0.15) is 40.0 Å². The second-order valence-corrected chi connectivity index (χ2v) is 6.06. The molecule has 0 spiro atoms. The minimum atomic E-state index is -0.367. The Morgan fingerprint density at radius 2 is 1.62 bits per heavy atom. The Labute approximate surface area is 95.5 Å². The fourth-order valence-corrected chi connectivity index (χ4v) is 3.20. The zero-order valence-corrected chi connectivity index (χ0v) is 10.1. The molecule has 2 atom stereocenters. The van der Waals surface area contributed by atoms with Gasteiger partial charge in [-0.1, -0.05) is 31.2 Å². The first kappa shape index (κ1) is 13.8. The summed E-state index contributed by atoms with van der Waals surface area (Å²) in [5.74, 6) is 0. The molecule has 6 heteroatoms. The van der Waals surface area contributed by atoms with Gasteiger partial charge in [0.05, 0.1) is 12.6 Å². The average Bonchev–Trinajstić information content (AvgIpc) is 1.96. The fourth-order valence-electron chi connectivity index (χ4n) is 3.20. The van der Waals surface area contributed by atoms with Gasteiger partial charge in [0.1, 0.15) is 0 Å². The van der Waals surface area contributed by atoms with Crippen LogP contribution in [-0.2, 0) is 0 Å². The number of rotatable bonds is 3. The Kier molecular flexibility index (Phi) is 3.94. The van der Waals surface area contributed by atoms with Crippen LogP contribution in [-0.4, -0.2) is 43.9 Å². The van der Waals surface area contributed by atoms with Crippen LogP contribution in [0.4, 0.5) is 0 Å². The lowest BCUT2D eigenvalue weighted by Gasteiger charge is -2.47. The summed E-state index contributed by atoms with van der Waals surface area (Å²) in [6, 6.07) is -0.367. The maximum absolute atomic E-state index is 9.13. The van der Waals surface area contributed by atoms with Crippen LogP contribution in [0.2, 0.25) is 0 Å². The molecule has 1 aliphatic carbocycles. The molecule has 0 aromatic carbocycles. The molecule has 4 N–H and O–H groups in total. The summed E-state index contributed by atoms with van der Waals surface area (Å²) in [5.41, 5.74) is -0.406. The molecule has 1 rings (SSSR count). The highest BCUT2D eigenvalue weighted by atomic mass is 16.8. The molecular weight excluding hydrogens is 212 g/mol. The van der Waals surface area contributed by atoms with Crippen molar-refractivity contribution < 1.29 is 20.8 Å². The topological polar surface area (TPSA) is 87.4 Å². The van der Waals surface area contributed by atoms with Gasteiger partial charge in [-0.2, -0.15) is 0 Å². The smallest absolute Gasteiger partial charge is 0.0634 e. The van der Waals surface area contributed by atoms with Gasteiger partial charge in [-0.25, -0.2) is 0 Å². The molecule has 16 heavy (non-hydrogen) atoms. The molecule has 0 aromatic rings. The molecule has 0 amide bonds. The van der Waals surface area contributed by atoms with Gasteiger partial charge in [0.25, 0.3) is 0 Å². The van der Waals surface area contributed by atoms with Gasteiger partial charge in [-0.15, -0.1) is 0 Å². The SMILES string of the molecule is CC1(C)CC(N(O)O)CC(C)(CN(O)O)C1. The predicted octanol–water partition coefficient (Wildman–Crippen LogP) is 1.73. The maximum Gasteiger partial charge on any atom is 0.0634 e. The van der Waals surface area contributed by atoms with E-state index in [0.29, 0.717) is 12.8 Å². The summed E-state index contributed by atoms with van der Waals surface area (Å²) in [5, 5.41) is 36.5. The van der Waals surface area contributed by atoms with E-state index in [0.717, 1.165) is 6.42 Å². The molecule has 0 aliphatic heterocycles.